The summed E-state index contributed by atoms with van der Waals surface area (Å²) in [6.07, 6.45) is 0. The summed E-state index contributed by atoms with van der Waals surface area (Å²) in [6.45, 7) is 0. The van der Waals surface area contributed by atoms with Crippen molar-refractivity contribution in [2.24, 2.45) is 0 Å². The molecule has 2 rings (SSSR count). The average molecular weight is 292 g/mol. The number of hydrogen-bond donors (Lipinski definition) is 1. The van der Waals surface area contributed by atoms with Gasteiger partial charge in [-0.1, -0.05) is 17.7 Å². The number of benzene rings is 2. The zero-order valence-electron chi connectivity index (χ0n) is 11.1. The summed E-state index contributed by atoms with van der Waals surface area (Å²) in [5.74, 6) is 0. The van der Waals surface area contributed by atoms with E-state index in [0.29, 0.717) is 5.69 Å². The fourth-order valence-electron chi connectivity index (χ4n) is 1.80. The van der Waals surface area contributed by atoms with Gasteiger partial charge < -0.3 is 10.2 Å². The van der Waals surface area contributed by atoms with Gasteiger partial charge in [0.25, 0.3) is 0 Å². The van der Waals surface area contributed by atoms with E-state index in [9.17, 15) is 10.1 Å². The lowest BCUT2D eigenvalue weighted by Gasteiger charge is -2.13. The molecule has 2 aromatic carbocycles. The van der Waals surface area contributed by atoms with Gasteiger partial charge in [0, 0.05) is 25.5 Å². The number of para-hydroxylation sites is 1. The Labute approximate surface area is 121 Å². The van der Waals surface area contributed by atoms with Crippen LogP contribution in [0, 0.1) is 10.1 Å². The number of nitro groups is 1. The molecule has 0 aliphatic heterocycles. The van der Waals surface area contributed by atoms with Crippen molar-refractivity contribution in [1.29, 1.82) is 0 Å². The zero-order chi connectivity index (χ0) is 14.7. The van der Waals surface area contributed by atoms with Gasteiger partial charge in [-0.15, -0.1) is 0 Å². The van der Waals surface area contributed by atoms with E-state index in [0.717, 1.165) is 11.4 Å². The number of nitrogens with one attached hydrogen (secondary N) is 1. The Hall–Kier alpha value is -2.27. The summed E-state index contributed by atoms with van der Waals surface area (Å²) < 4.78 is 0. The Bertz CT molecular complexity index is 627. The molecule has 0 saturated carbocycles. The minimum atomic E-state index is -0.487. The van der Waals surface area contributed by atoms with E-state index >= 15 is 0 Å². The standard InChI is InChI=1S/C14H14ClN3O2/c1-17(2)11-8-6-10(7-9-11)16-13-5-3-4-12(15)14(13)18(19)20/h3-9,16H,1-2H3. The number of nitrogens with zero attached hydrogens (tertiary/aromatic N) is 2. The second-order valence-corrected chi connectivity index (χ2v) is 4.87. The Morgan fingerprint density at radius 3 is 2.35 bits per heavy atom. The lowest BCUT2D eigenvalue weighted by molar-refractivity contribution is -0.383. The third-order valence-corrected chi connectivity index (χ3v) is 3.14. The van der Waals surface area contributed by atoms with Crippen molar-refractivity contribution in [2.45, 2.75) is 0 Å². The number of hydrogen-bond acceptors (Lipinski definition) is 4. The SMILES string of the molecule is CN(C)c1ccc(Nc2cccc(Cl)c2[N+](=O)[O-])cc1. The molecule has 0 aliphatic rings. The van der Waals surface area contributed by atoms with Crippen molar-refractivity contribution in [3.8, 4) is 0 Å². The minimum absolute atomic E-state index is 0.116. The molecule has 0 aliphatic carbocycles. The van der Waals surface area contributed by atoms with E-state index in [-0.39, 0.29) is 10.7 Å². The molecule has 0 radical (unpaired) electrons. The van der Waals surface area contributed by atoms with E-state index in [2.05, 4.69) is 5.32 Å². The Morgan fingerprint density at radius 2 is 1.80 bits per heavy atom. The first kappa shape index (κ1) is 14.1. The van der Waals surface area contributed by atoms with E-state index in [1.54, 1.807) is 12.1 Å². The van der Waals surface area contributed by atoms with Gasteiger partial charge in [-0.3, -0.25) is 10.1 Å². The van der Waals surface area contributed by atoms with E-state index in [4.69, 9.17) is 11.6 Å². The summed E-state index contributed by atoms with van der Waals surface area (Å²) in [5.41, 5.74) is 2.07. The Morgan fingerprint density at radius 1 is 1.15 bits per heavy atom. The van der Waals surface area contributed by atoms with Gasteiger partial charge in [-0.25, -0.2) is 0 Å². The largest absolute Gasteiger partial charge is 0.378 e. The molecule has 1 N–H and O–H groups in total. The highest BCUT2D eigenvalue weighted by atomic mass is 35.5. The quantitative estimate of drug-likeness (QED) is 0.682. The maximum Gasteiger partial charge on any atom is 0.311 e. The lowest BCUT2D eigenvalue weighted by Crippen LogP contribution is -2.08. The molecule has 5 nitrogen and oxygen atoms in total. The van der Waals surface area contributed by atoms with Crippen LogP contribution in [0.15, 0.2) is 42.5 Å². The molecule has 0 atom stereocenters. The van der Waals surface area contributed by atoms with Crippen molar-refractivity contribution in [1.82, 2.24) is 0 Å². The Balaban J connectivity index is 2.30. The second kappa shape index (κ2) is 5.79. The first-order valence-corrected chi connectivity index (χ1v) is 6.34. The molecule has 0 aromatic heterocycles. The maximum absolute atomic E-state index is 11.1. The monoisotopic (exact) mass is 291 g/mol. The molecule has 0 fully saturated rings. The summed E-state index contributed by atoms with van der Waals surface area (Å²) >= 11 is 5.87. The molecule has 0 heterocycles. The number of anilines is 3. The van der Waals surface area contributed by atoms with Crippen molar-refractivity contribution in [2.75, 3.05) is 24.3 Å². The molecular formula is C14H14ClN3O2. The van der Waals surface area contributed by atoms with Gasteiger partial charge in [-0.05, 0) is 36.4 Å². The van der Waals surface area contributed by atoms with Crippen LogP contribution in [0.1, 0.15) is 0 Å². The lowest BCUT2D eigenvalue weighted by atomic mass is 10.2. The van der Waals surface area contributed by atoms with Gasteiger partial charge in [0.05, 0.1) is 4.92 Å². The highest BCUT2D eigenvalue weighted by Crippen LogP contribution is 2.34. The van der Waals surface area contributed by atoms with Crippen LogP contribution in [0.3, 0.4) is 0 Å². The van der Waals surface area contributed by atoms with Crippen LogP contribution in [0.25, 0.3) is 0 Å². The molecule has 104 valence electrons. The van der Waals surface area contributed by atoms with Gasteiger partial charge >= 0.3 is 5.69 Å². The number of nitro benzene ring substituents is 1. The second-order valence-electron chi connectivity index (χ2n) is 4.46. The minimum Gasteiger partial charge on any atom is -0.378 e. The van der Waals surface area contributed by atoms with Gasteiger partial charge in [0.15, 0.2) is 0 Å². The molecule has 0 bridgehead atoms. The summed E-state index contributed by atoms with van der Waals surface area (Å²) in [7, 11) is 3.90. The molecule has 0 saturated heterocycles. The van der Waals surface area contributed by atoms with Crippen molar-refractivity contribution in [3.63, 3.8) is 0 Å². The smallest absolute Gasteiger partial charge is 0.311 e. The predicted octanol–water partition coefficient (Wildman–Crippen LogP) is 4.06. The van der Waals surface area contributed by atoms with E-state index in [1.807, 2.05) is 43.3 Å². The first-order valence-electron chi connectivity index (χ1n) is 5.96. The predicted molar refractivity (Wildman–Crippen MR) is 82.2 cm³/mol. The molecule has 0 amide bonds. The third kappa shape index (κ3) is 3.00. The fraction of sp³-hybridized carbons (Fsp3) is 0.143. The third-order valence-electron chi connectivity index (χ3n) is 2.83. The number of rotatable bonds is 4. The van der Waals surface area contributed by atoms with Gasteiger partial charge in [0.1, 0.15) is 10.7 Å². The normalized spacial score (nSPS) is 10.2. The summed E-state index contributed by atoms with van der Waals surface area (Å²) in [4.78, 5) is 12.5. The van der Waals surface area contributed by atoms with Crippen molar-refractivity contribution in [3.05, 3.63) is 57.6 Å². The van der Waals surface area contributed by atoms with Crippen LogP contribution in [0.4, 0.5) is 22.7 Å². The van der Waals surface area contributed by atoms with Crippen LogP contribution in [-0.2, 0) is 0 Å². The Kier molecular flexibility index (Phi) is 4.10. The van der Waals surface area contributed by atoms with Crippen LogP contribution in [0.2, 0.25) is 5.02 Å². The number of halogens is 1. The van der Waals surface area contributed by atoms with Crippen LogP contribution in [0.5, 0.6) is 0 Å². The summed E-state index contributed by atoms with van der Waals surface area (Å²) in [6, 6.07) is 12.4. The zero-order valence-corrected chi connectivity index (χ0v) is 11.9. The van der Waals surface area contributed by atoms with Crippen LogP contribution in [-0.4, -0.2) is 19.0 Å². The fourth-order valence-corrected chi connectivity index (χ4v) is 2.04. The van der Waals surface area contributed by atoms with Gasteiger partial charge in [-0.2, -0.15) is 0 Å². The molecule has 2 aromatic rings. The van der Waals surface area contributed by atoms with E-state index in [1.165, 1.54) is 6.07 Å². The first-order chi connectivity index (χ1) is 9.49. The highest BCUT2D eigenvalue weighted by molar-refractivity contribution is 6.33. The topological polar surface area (TPSA) is 58.4 Å². The summed E-state index contributed by atoms with van der Waals surface area (Å²) in [5, 5.41) is 14.2. The van der Waals surface area contributed by atoms with Crippen molar-refractivity contribution < 1.29 is 4.92 Å². The maximum atomic E-state index is 11.1. The highest BCUT2D eigenvalue weighted by Gasteiger charge is 2.18. The molecular weight excluding hydrogens is 278 g/mol. The van der Waals surface area contributed by atoms with Crippen LogP contribution < -0.4 is 10.2 Å². The van der Waals surface area contributed by atoms with Gasteiger partial charge in [0.2, 0.25) is 0 Å². The van der Waals surface area contributed by atoms with E-state index < -0.39 is 4.92 Å². The molecule has 20 heavy (non-hydrogen) atoms. The molecule has 0 spiro atoms. The molecule has 0 unspecified atom stereocenters. The average Bonchev–Trinajstić information content (AvgIpc) is 2.39. The van der Waals surface area contributed by atoms with Crippen molar-refractivity contribution >= 4 is 34.4 Å². The molecule has 6 heteroatoms. The van der Waals surface area contributed by atoms with Crippen LogP contribution >= 0.6 is 11.6 Å².